The SMILES string of the molecule is CC(C)(C)OC(=O)N1CCN(CC(F)F)C(=O)C1. The Morgan fingerprint density at radius 1 is 1.39 bits per heavy atom. The van der Waals surface area contributed by atoms with Crippen molar-refractivity contribution >= 4 is 12.0 Å². The maximum Gasteiger partial charge on any atom is 0.410 e. The van der Waals surface area contributed by atoms with E-state index in [0.29, 0.717) is 0 Å². The fourth-order valence-corrected chi connectivity index (χ4v) is 1.55. The van der Waals surface area contributed by atoms with Crippen LogP contribution in [-0.4, -0.2) is 60.0 Å². The van der Waals surface area contributed by atoms with E-state index in [1.165, 1.54) is 4.90 Å². The standard InChI is InChI=1S/C11H18F2N2O3/c1-11(2,3)18-10(17)15-5-4-14(6-8(12)13)9(16)7-15/h8H,4-7H2,1-3H3. The summed E-state index contributed by atoms with van der Waals surface area (Å²) in [5.41, 5.74) is -0.639. The third kappa shape index (κ3) is 4.46. The van der Waals surface area contributed by atoms with Crippen LogP contribution in [0.5, 0.6) is 0 Å². The zero-order chi connectivity index (χ0) is 13.9. The molecule has 5 nitrogen and oxygen atoms in total. The Hall–Kier alpha value is -1.40. The van der Waals surface area contributed by atoms with Gasteiger partial charge in [0.1, 0.15) is 12.1 Å². The maximum absolute atomic E-state index is 12.2. The molecule has 1 rings (SSSR count). The molecule has 0 atom stereocenters. The molecule has 0 aromatic heterocycles. The van der Waals surface area contributed by atoms with Gasteiger partial charge in [0.05, 0.1) is 6.54 Å². The highest BCUT2D eigenvalue weighted by Gasteiger charge is 2.31. The molecule has 7 heteroatoms. The minimum Gasteiger partial charge on any atom is -0.444 e. The number of carbonyl (C=O) groups is 2. The second kappa shape index (κ2) is 5.49. The van der Waals surface area contributed by atoms with Crippen LogP contribution in [0.4, 0.5) is 13.6 Å². The number of hydrogen-bond donors (Lipinski definition) is 0. The molecule has 0 radical (unpaired) electrons. The fourth-order valence-electron chi connectivity index (χ4n) is 1.55. The number of amides is 2. The normalized spacial score (nSPS) is 17.3. The van der Waals surface area contributed by atoms with Crippen molar-refractivity contribution in [3.8, 4) is 0 Å². The first-order chi connectivity index (χ1) is 8.19. The lowest BCUT2D eigenvalue weighted by Gasteiger charge is -2.35. The summed E-state index contributed by atoms with van der Waals surface area (Å²) in [4.78, 5) is 25.5. The zero-order valence-electron chi connectivity index (χ0n) is 10.8. The molecule has 0 bridgehead atoms. The lowest BCUT2D eigenvalue weighted by Crippen LogP contribution is -2.54. The van der Waals surface area contributed by atoms with Crippen molar-refractivity contribution in [1.82, 2.24) is 9.80 Å². The topological polar surface area (TPSA) is 49.9 Å². The molecule has 0 aromatic carbocycles. The van der Waals surface area contributed by atoms with Gasteiger partial charge in [-0.15, -0.1) is 0 Å². The van der Waals surface area contributed by atoms with E-state index in [4.69, 9.17) is 4.74 Å². The van der Waals surface area contributed by atoms with Crippen LogP contribution in [0.2, 0.25) is 0 Å². The van der Waals surface area contributed by atoms with Crippen LogP contribution < -0.4 is 0 Å². The number of halogens is 2. The van der Waals surface area contributed by atoms with Gasteiger partial charge >= 0.3 is 6.09 Å². The Morgan fingerprint density at radius 3 is 2.44 bits per heavy atom. The number of rotatable bonds is 2. The van der Waals surface area contributed by atoms with E-state index >= 15 is 0 Å². The van der Waals surface area contributed by atoms with E-state index in [1.807, 2.05) is 0 Å². The molecule has 0 unspecified atom stereocenters. The monoisotopic (exact) mass is 264 g/mol. The first-order valence-corrected chi connectivity index (χ1v) is 5.73. The number of hydrogen-bond acceptors (Lipinski definition) is 3. The van der Waals surface area contributed by atoms with E-state index in [2.05, 4.69) is 0 Å². The fraction of sp³-hybridized carbons (Fsp3) is 0.818. The Kier molecular flexibility index (Phi) is 4.48. The molecule has 0 saturated carbocycles. The van der Waals surface area contributed by atoms with Gasteiger partial charge in [0.2, 0.25) is 5.91 Å². The maximum atomic E-state index is 12.2. The number of carbonyl (C=O) groups excluding carboxylic acids is 2. The molecule has 0 N–H and O–H groups in total. The Labute approximate surface area is 105 Å². The van der Waals surface area contributed by atoms with Crippen LogP contribution >= 0.6 is 0 Å². The average molecular weight is 264 g/mol. The van der Waals surface area contributed by atoms with Crippen molar-refractivity contribution in [2.24, 2.45) is 0 Å². The van der Waals surface area contributed by atoms with Crippen molar-refractivity contribution in [3.05, 3.63) is 0 Å². The largest absolute Gasteiger partial charge is 0.444 e. The third-order valence-electron chi connectivity index (χ3n) is 2.33. The summed E-state index contributed by atoms with van der Waals surface area (Å²) in [7, 11) is 0. The predicted molar refractivity (Wildman–Crippen MR) is 60.4 cm³/mol. The molecule has 0 aliphatic carbocycles. The number of ether oxygens (including phenoxy) is 1. The molecule has 18 heavy (non-hydrogen) atoms. The Bertz CT molecular complexity index is 329. The van der Waals surface area contributed by atoms with Crippen molar-refractivity contribution in [3.63, 3.8) is 0 Å². The molecule has 1 aliphatic heterocycles. The van der Waals surface area contributed by atoms with Gasteiger partial charge in [0.15, 0.2) is 0 Å². The van der Waals surface area contributed by atoms with E-state index < -0.39 is 30.6 Å². The summed E-state index contributed by atoms with van der Waals surface area (Å²) in [6, 6.07) is 0. The third-order valence-corrected chi connectivity index (χ3v) is 2.33. The summed E-state index contributed by atoms with van der Waals surface area (Å²) in [6.07, 6.45) is -3.14. The first kappa shape index (κ1) is 14.7. The van der Waals surface area contributed by atoms with Gasteiger partial charge in [0.25, 0.3) is 6.43 Å². The summed E-state index contributed by atoms with van der Waals surface area (Å²) in [6.45, 7) is 4.71. The molecule has 0 aromatic rings. The summed E-state index contributed by atoms with van der Waals surface area (Å²) in [5, 5.41) is 0. The van der Waals surface area contributed by atoms with Gasteiger partial charge in [-0.05, 0) is 20.8 Å². The van der Waals surface area contributed by atoms with Gasteiger partial charge in [-0.1, -0.05) is 0 Å². The Balaban J connectivity index is 2.50. The van der Waals surface area contributed by atoms with E-state index in [1.54, 1.807) is 20.8 Å². The second-order valence-electron chi connectivity index (χ2n) is 5.13. The first-order valence-electron chi connectivity index (χ1n) is 5.73. The molecule has 0 spiro atoms. The molecule has 104 valence electrons. The van der Waals surface area contributed by atoms with Crippen LogP contribution in [0, 0.1) is 0 Å². The lowest BCUT2D eigenvalue weighted by molar-refractivity contribution is -0.137. The lowest BCUT2D eigenvalue weighted by atomic mass is 10.2. The highest BCUT2D eigenvalue weighted by Crippen LogP contribution is 2.12. The molecule has 1 fully saturated rings. The molecule has 2 amide bonds. The smallest absolute Gasteiger partial charge is 0.410 e. The minimum atomic E-state index is -2.55. The predicted octanol–water partition coefficient (Wildman–Crippen LogP) is 1.33. The van der Waals surface area contributed by atoms with Crippen LogP contribution in [0.25, 0.3) is 0 Å². The highest BCUT2D eigenvalue weighted by atomic mass is 19.3. The number of alkyl halides is 2. The van der Waals surface area contributed by atoms with Crippen molar-refractivity contribution in [2.75, 3.05) is 26.2 Å². The summed E-state index contributed by atoms with van der Waals surface area (Å²) in [5.74, 6) is -0.479. The van der Waals surface area contributed by atoms with Crippen molar-refractivity contribution in [2.45, 2.75) is 32.8 Å². The minimum absolute atomic E-state index is 0.114. The van der Waals surface area contributed by atoms with E-state index in [-0.39, 0.29) is 19.6 Å². The van der Waals surface area contributed by atoms with Gasteiger partial charge in [-0.2, -0.15) is 0 Å². The van der Waals surface area contributed by atoms with Crippen LogP contribution in [0.3, 0.4) is 0 Å². The van der Waals surface area contributed by atoms with E-state index in [0.717, 1.165) is 4.90 Å². The highest BCUT2D eigenvalue weighted by molar-refractivity contribution is 5.83. The number of piperazine rings is 1. The second-order valence-corrected chi connectivity index (χ2v) is 5.13. The quantitative estimate of drug-likeness (QED) is 0.756. The average Bonchev–Trinajstić information content (AvgIpc) is 2.17. The van der Waals surface area contributed by atoms with Gasteiger partial charge in [0, 0.05) is 13.1 Å². The van der Waals surface area contributed by atoms with Crippen LogP contribution in [-0.2, 0) is 9.53 Å². The van der Waals surface area contributed by atoms with E-state index in [9.17, 15) is 18.4 Å². The van der Waals surface area contributed by atoms with Crippen LogP contribution in [0.1, 0.15) is 20.8 Å². The Morgan fingerprint density at radius 2 is 2.00 bits per heavy atom. The molecular formula is C11H18F2N2O3. The summed E-state index contributed by atoms with van der Waals surface area (Å²) < 4.78 is 29.5. The molecule has 1 heterocycles. The van der Waals surface area contributed by atoms with Gasteiger partial charge in [-0.3, -0.25) is 9.69 Å². The van der Waals surface area contributed by atoms with Gasteiger partial charge < -0.3 is 9.64 Å². The van der Waals surface area contributed by atoms with Crippen LogP contribution in [0.15, 0.2) is 0 Å². The molecule has 1 saturated heterocycles. The van der Waals surface area contributed by atoms with Crippen molar-refractivity contribution in [1.29, 1.82) is 0 Å². The molecule has 1 aliphatic rings. The van der Waals surface area contributed by atoms with Gasteiger partial charge in [-0.25, -0.2) is 13.6 Å². The molecular weight excluding hydrogens is 246 g/mol. The number of nitrogens with zero attached hydrogens (tertiary/aromatic N) is 2. The summed E-state index contributed by atoms with van der Waals surface area (Å²) >= 11 is 0. The van der Waals surface area contributed by atoms with Crippen molar-refractivity contribution < 1.29 is 23.1 Å². The zero-order valence-corrected chi connectivity index (χ0v) is 10.8.